The van der Waals surface area contributed by atoms with Crippen molar-refractivity contribution in [2.24, 2.45) is 0 Å². The van der Waals surface area contributed by atoms with E-state index in [9.17, 15) is 19.5 Å². The first-order valence-electron chi connectivity index (χ1n) is 10.9. The van der Waals surface area contributed by atoms with Crippen molar-refractivity contribution in [2.45, 2.75) is 45.3 Å². The van der Waals surface area contributed by atoms with Crippen molar-refractivity contribution in [3.8, 4) is 0 Å². The van der Waals surface area contributed by atoms with E-state index in [-0.39, 0.29) is 34.6 Å². The molecule has 0 spiro atoms. The number of halogens is 1. The number of carboxylic acid groups (broad SMARTS) is 1. The van der Waals surface area contributed by atoms with Gasteiger partial charge in [0, 0.05) is 36.8 Å². The fraction of sp³-hybridized carbons (Fsp3) is 0.409. The Morgan fingerprint density at radius 2 is 2.00 bits per heavy atom. The fourth-order valence-corrected chi connectivity index (χ4v) is 4.96. The van der Waals surface area contributed by atoms with Crippen molar-refractivity contribution in [2.75, 3.05) is 18.4 Å². The number of imidazole rings is 1. The van der Waals surface area contributed by atoms with Gasteiger partial charge in [0.05, 0.1) is 10.5 Å². The molecule has 1 aliphatic rings. The molecule has 2 amide bonds. The second-order valence-electron chi connectivity index (χ2n) is 8.41. The highest BCUT2D eigenvalue weighted by molar-refractivity contribution is 7.13. The first kappa shape index (κ1) is 24.1. The molecule has 4 rings (SSSR count). The lowest BCUT2D eigenvalue weighted by Crippen LogP contribution is -2.47. The van der Waals surface area contributed by atoms with Crippen LogP contribution < -0.4 is 10.6 Å². The van der Waals surface area contributed by atoms with Gasteiger partial charge in [0.2, 0.25) is 11.7 Å². The van der Waals surface area contributed by atoms with Gasteiger partial charge in [-0.25, -0.2) is 14.8 Å². The van der Waals surface area contributed by atoms with Crippen molar-refractivity contribution < 1.29 is 19.5 Å². The molecule has 3 aromatic heterocycles. The molecule has 1 aliphatic heterocycles. The van der Waals surface area contributed by atoms with E-state index >= 15 is 0 Å². The predicted octanol–water partition coefficient (Wildman–Crippen LogP) is 3.09. The molecule has 1 saturated heterocycles. The lowest BCUT2D eigenvalue weighted by atomic mass is 10.0. The quantitative estimate of drug-likeness (QED) is 0.450. The van der Waals surface area contributed by atoms with Crippen molar-refractivity contribution >= 4 is 57.6 Å². The van der Waals surface area contributed by atoms with Crippen molar-refractivity contribution in [1.82, 2.24) is 24.8 Å². The molecule has 0 aliphatic carbocycles. The first-order valence-corrected chi connectivity index (χ1v) is 12.2. The molecule has 1 fully saturated rings. The maximum atomic E-state index is 13.2. The third kappa shape index (κ3) is 5.21. The van der Waals surface area contributed by atoms with Crippen molar-refractivity contribution in [3.05, 3.63) is 39.4 Å². The number of likely N-dealkylation sites (tertiary alicyclic amines) is 1. The predicted molar refractivity (Wildman–Crippen MR) is 130 cm³/mol. The van der Waals surface area contributed by atoms with Gasteiger partial charge in [0.1, 0.15) is 22.8 Å². The summed E-state index contributed by atoms with van der Waals surface area (Å²) >= 11 is 6.84. The molecule has 4 heterocycles. The Balaban J connectivity index is 1.57. The number of rotatable bonds is 7. The fourth-order valence-electron chi connectivity index (χ4n) is 4.03. The Hall–Kier alpha value is -3.02. The summed E-state index contributed by atoms with van der Waals surface area (Å²) in [5.74, 6) is -1.76. The van der Waals surface area contributed by atoms with Gasteiger partial charge in [0.15, 0.2) is 0 Å². The van der Waals surface area contributed by atoms with E-state index in [1.165, 1.54) is 10.8 Å². The SMILES string of the molecule is CC(C)N1CCC(NC(=O)c2nc3csc(C(=O)O)c3n2CC(=O)Nc2ccc(Cl)cn2)CC1. The normalized spacial score (nSPS) is 15.1. The average molecular weight is 505 g/mol. The number of pyridine rings is 1. The van der Waals surface area contributed by atoms with Crippen LogP contribution in [0.3, 0.4) is 0 Å². The second kappa shape index (κ2) is 10.1. The highest BCUT2D eigenvalue weighted by atomic mass is 35.5. The van der Waals surface area contributed by atoms with E-state index in [0.717, 1.165) is 37.3 Å². The number of nitrogens with one attached hydrogen (secondary N) is 2. The number of thiophene rings is 1. The Labute approximate surface area is 204 Å². The van der Waals surface area contributed by atoms with Crippen LogP contribution >= 0.6 is 22.9 Å². The van der Waals surface area contributed by atoms with Crippen LogP contribution in [0, 0.1) is 0 Å². The number of carbonyl (C=O) groups is 3. The van der Waals surface area contributed by atoms with Crippen LogP contribution in [-0.2, 0) is 11.3 Å². The van der Waals surface area contributed by atoms with E-state index in [1.807, 2.05) is 0 Å². The molecular formula is C22H25ClN6O4S. The molecular weight excluding hydrogens is 480 g/mol. The van der Waals surface area contributed by atoms with Crippen LogP contribution in [0.5, 0.6) is 0 Å². The molecule has 0 bridgehead atoms. The van der Waals surface area contributed by atoms with Gasteiger partial charge in [-0.05, 0) is 38.8 Å². The number of hydrogen-bond donors (Lipinski definition) is 3. The van der Waals surface area contributed by atoms with E-state index < -0.39 is 17.8 Å². The molecule has 0 radical (unpaired) electrons. The Kier molecular flexibility index (Phi) is 7.15. The zero-order valence-corrected chi connectivity index (χ0v) is 20.3. The number of aromatic carboxylic acids is 1. The first-order chi connectivity index (χ1) is 16.2. The molecule has 0 unspecified atom stereocenters. The van der Waals surface area contributed by atoms with Gasteiger partial charge in [-0.2, -0.15) is 0 Å². The highest BCUT2D eigenvalue weighted by Crippen LogP contribution is 2.27. The van der Waals surface area contributed by atoms with Gasteiger partial charge in [-0.15, -0.1) is 11.3 Å². The summed E-state index contributed by atoms with van der Waals surface area (Å²) in [7, 11) is 0. The summed E-state index contributed by atoms with van der Waals surface area (Å²) in [4.78, 5) is 48.5. The summed E-state index contributed by atoms with van der Waals surface area (Å²) in [5.41, 5.74) is 0.607. The molecule has 180 valence electrons. The van der Waals surface area contributed by atoms with Crippen LogP contribution in [0.15, 0.2) is 23.7 Å². The number of amides is 2. The van der Waals surface area contributed by atoms with Crippen LogP contribution in [0.4, 0.5) is 5.82 Å². The van der Waals surface area contributed by atoms with E-state index in [0.29, 0.717) is 16.6 Å². The average Bonchev–Trinajstić information content (AvgIpc) is 3.36. The minimum Gasteiger partial charge on any atom is -0.477 e. The summed E-state index contributed by atoms with van der Waals surface area (Å²) in [6.45, 7) is 5.75. The number of aromatic nitrogens is 3. The number of carbonyl (C=O) groups excluding carboxylic acids is 2. The lowest BCUT2D eigenvalue weighted by Gasteiger charge is -2.34. The summed E-state index contributed by atoms with van der Waals surface area (Å²) in [5, 5.41) is 17.3. The standard InChI is InChI=1S/C22H25ClN6O4S/c1-12(2)28-7-5-14(6-8-28)25-21(31)20-26-15-11-34-19(22(32)33)18(15)29(20)10-17(30)27-16-4-3-13(23)9-24-16/h3-4,9,11-12,14H,5-8,10H2,1-2H3,(H,25,31)(H,32,33)(H,24,27,30). The van der Waals surface area contributed by atoms with Crippen molar-refractivity contribution in [1.29, 1.82) is 0 Å². The van der Waals surface area contributed by atoms with Gasteiger partial charge in [-0.1, -0.05) is 11.6 Å². The molecule has 0 atom stereocenters. The maximum absolute atomic E-state index is 13.2. The van der Waals surface area contributed by atoms with Gasteiger partial charge in [-0.3, -0.25) is 9.59 Å². The third-order valence-electron chi connectivity index (χ3n) is 5.79. The van der Waals surface area contributed by atoms with E-state index in [1.54, 1.807) is 17.5 Å². The smallest absolute Gasteiger partial charge is 0.348 e. The zero-order valence-electron chi connectivity index (χ0n) is 18.7. The summed E-state index contributed by atoms with van der Waals surface area (Å²) in [6.07, 6.45) is 3.01. The number of nitrogens with zero attached hydrogens (tertiary/aromatic N) is 4. The maximum Gasteiger partial charge on any atom is 0.348 e. The molecule has 10 nitrogen and oxygen atoms in total. The molecule has 0 saturated carbocycles. The van der Waals surface area contributed by atoms with E-state index in [4.69, 9.17) is 11.6 Å². The van der Waals surface area contributed by atoms with E-state index in [2.05, 4.69) is 39.3 Å². The number of piperidine rings is 1. The Morgan fingerprint density at radius 1 is 1.26 bits per heavy atom. The zero-order chi connectivity index (χ0) is 24.4. The second-order valence-corrected chi connectivity index (χ2v) is 9.73. The lowest BCUT2D eigenvalue weighted by molar-refractivity contribution is -0.116. The van der Waals surface area contributed by atoms with Gasteiger partial charge >= 0.3 is 5.97 Å². The number of hydrogen-bond acceptors (Lipinski definition) is 7. The molecule has 3 N–H and O–H groups in total. The van der Waals surface area contributed by atoms with Gasteiger partial charge in [0.25, 0.3) is 5.91 Å². The topological polar surface area (TPSA) is 129 Å². The number of fused-ring (bicyclic) bond motifs is 1. The molecule has 34 heavy (non-hydrogen) atoms. The minimum atomic E-state index is -1.14. The molecule has 12 heteroatoms. The monoisotopic (exact) mass is 504 g/mol. The van der Waals surface area contributed by atoms with Crippen LogP contribution in [0.1, 0.15) is 47.0 Å². The van der Waals surface area contributed by atoms with Gasteiger partial charge < -0.3 is 25.2 Å². The van der Waals surface area contributed by atoms with Crippen LogP contribution in [0.2, 0.25) is 5.02 Å². The highest BCUT2D eigenvalue weighted by Gasteiger charge is 2.28. The third-order valence-corrected chi connectivity index (χ3v) is 6.96. The molecule has 0 aromatic carbocycles. The Morgan fingerprint density at radius 3 is 2.62 bits per heavy atom. The Bertz CT molecular complexity index is 1210. The summed E-state index contributed by atoms with van der Waals surface area (Å²) < 4.78 is 1.36. The van der Waals surface area contributed by atoms with Crippen LogP contribution in [-0.4, -0.2) is 67.5 Å². The largest absolute Gasteiger partial charge is 0.477 e. The minimum absolute atomic E-state index is 0.00537. The van der Waals surface area contributed by atoms with Crippen LogP contribution in [0.25, 0.3) is 11.0 Å². The number of anilines is 1. The van der Waals surface area contributed by atoms with Crippen molar-refractivity contribution in [3.63, 3.8) is 0 Å². The number of carboxylic acids is 1. The molecule has 3 aromatic rings. The summed E-state index contributed by atoms with van der Waals surface area (Å²) in [6, 6.07) is 3.57.